The lowest BCUT2D eigenvalue weighted by molar-refractivity contribution is 0.0751. The van der Waals surface area contributed by atoms with E-state index in [0.717, 1.165) is 12.8 Å². The van der Waals surface area contributed by atoms with Crippen molar-refractivity contribution in [2.24, 2.45) is 17.6 Å². The Labute approximate surface area is 102 Å². The summed E-state index contributed by atoms with van der Waals surface area (Å²) in [6.45, 7) is 2.82. The summed E-state index contributed by atoms with van der Waals surface area (Å²) in [7, 11) is 1.70. The molecule has 2 N–H and O–H groups in total. The molecular formula is C12H21N3O2. The summed E-state index contributed by atoms with van der Waals surface area (Å²) >= 11 is 0. The monoisotopic (exact) mass is 239 g/mol. The van der Waals surface area contributed by atoms with Crippen molar-refractivity contribution in [3.05, 3.63) is 11.7 Å². The maximum atomic E-state index is 5.57. The molecule has 2 atom stereocenters. The third kappa shape index (κ3) is 3.26. The summed E-state index contributed by atoms with van der Waals surface area (Å²) in [6.07, 6.45) is 4.20. The highest BCUT2D eigenvalue weighted by Gasteiger charge is 2.35. The molecule has 0 bridgehead atoms. The molecule has 17 heavy (non-hydrogen) atoms. The van der Waals surface area contributed by atoms with Gasteiger partial charge < -0.3 is 15.0 Å². The van der Waals surface area contributed by atoms with E-state index in [1.807, 2.05) is 0 Å². The fourth-order valence-electron chi connectivity index (χ4n) is 1.88. The predicted molar refractivity (Wildman–Crippen MR) is 63.3 cm³/mol. The van der Waals surface area contributed by atoms with E-state index in [4.69, 9.17) is 15.0 Å². The van der Waals surface area contributed by atoms with Crippen molar-refractivity contribution in [1.82, 2.24) is 10.1 Å². The fourth-order valence-corrected chi connectivity index (χ4v) is 1.88. The number of hydrogen-bond donors (Lipinski definition) is 1. The normalized spacial score (nSPS) is 19.2. The molecule has 0 radical (unpaired) electrons. The van der Waals surface area contributed by atoms with Crippen molar-refractivity contribution in [2.45, 2.75) is 38.7 Å². The van der Waals surface area contributed by atoms with Crippen LogP contribution in [0.15, 0.2) is 4.52 Å². The molecule has 0 spiro atoms. The van der Waals surface area contributed by atoms with Gasteiger partial charge in [-0.2, -0.15) is 4.98 Å². The van der Waals surface area contributed by atoms with Crippen LogP contribution in [-0.2, 0) is 11.2 Å². The number of aromatic nitrogens is 2. The Balaban J connectivity index is 1.90. The van der Waals surface area contributed by atoms with Crippen LogP contribution in [0.5, 0.6) is 0 Å². The molecule has 0 aliphatic heterocycles. The fraction of sp³-hybridized carbons (Fsp3) is 0.833. The number of nitrogens with zero attached hydrogens (tertiary/aromatic N) is 2. The number of rotatable bonds is 7. The van der Waals surface area contributed by atoms with Crippen LogP contribution in [0.3, 0.4) is 0 Å². The van der Waals surface area contributed by atoms with Crippen LogP contribution in [0.25, 0.3) is 0 Å². The lowest BCUT2D eigenvalue weighted by Crippen LogP contribution is -2.11. The number of hydrogen-bond acceptors (Lipinski definition) is 5. The summed E-state index contributed by atoms with van der Waals surface area (Å²) in [5.41, 5.74) is 5.57. The van der Waals surface area contributed by atoms with Gasteiger partial charge in [0.2, 0.25) is 11.7 Å². The van der Waals surface area contributed by atoms with Crippen molar-refractivity contribution in [3.63, 3.8) is 0 Å². The topological polar surface area (TPSA) is 74.2 Å². The number of methoxy groups -OCH3 is 1. The molecule has 5 nitrogen and oxygen atoms in total. The molecule has 1 fully saturated rings. The number of ether oxygens (including phenoxy) is 1. The molecule has 1 aromatic heterocycles. The number of nitrogens with two attached hydrogens (primary N) is 1. The van der Waals surface area contributed by atoms with Crippen molar-refractivity contribution in [2.75, 3.05) is 13.7 Å². The van der Waals surface area contributed by atoms with Gasteiger partial charge in [-0.1, -0.05) is 12.1 Å². The van der Waals surface area contributed by atoms with Gasteiger partial charge in [-0.25, -0.2) is 0 Å². The van der Waals surface area contributed by atoms with Gasteiger partial charge in [0, 0.05) is 13.5 Å². The van der Waals surface area contributed by atoms with Crippen LogP contribution in [0.2, 0.25) is 0 Å². The van der Waals surface area contributed by atoms with Crippen LogP contribution in [0.4, 0.5) is 0 Å². The molecule has 1 aliphatic carbocycles. The van der Waals surface area contributed by atoms with E-state index in [9.17, 15) is 0 Å². The minimum Gasteiger partial charge on any atom is -0.373 e. The van der Waals surface area contributed by atoms with Crippen molar-refractivity contribution < 1.29 is 9.26 Å². The van der Waals surface area contributed by atoms with Gasteiger partial charge in [-0.05, 0) is 37.6 Å². The Morgan fingerprint density at radius 3 is 2.88 bits per heavy atom. The van der Waals surface area contributed by atoms with Crippen LogP contribution < -0.4 is 5.73 Å². The largest absolute Gasteiger partial charge is 0.373 e. The van der Waals surface area contributed by atoms with Gasteiger partial charge in [0.1, 0.15) is 6.10 Å². The SMILES string of the molecule is COC(c1noc(CCC(C)CN)n1)C1CC1. The van der Waals surface area contributed by atoms with Gasteiger partial charge in [-0.15, -0.1) is 0 Å². The summed E-state index contributed by atoms with van der Waals surface area (Å²) < 4.78 is 10.7. The van der Waals surface area contributed by atoms with Gasteiger partial charge in [0.25, 0.3) is 0 Å². The molecule has 1 heterocycles. The maximum Gasteiger partial charge on any atom is 0.226 e. The van der Waals surface area contributed by atoms with Crippen LogP contribution >= 0.6 is 0 Å². The Morgan fingerprint density at radius 2 is 2.29 bits per heavy atom. The van der Waals surface area contributed by atoms with E-state index in [0.29, 0.717) is 30.1 Å². The van der Waals surface area contributed by atoms with E-state index in [2.05, 4.69) is 17.1 Å². The van der Waals surface area contributed by atoms with Crippen molar-refractivity contribution in [3.8, 4) is 0 Å². The molecule has 1 saturated carbocycles. The molecule has 5 heteroatoms. The first kappa shape index (κ1) is 12.5. The minimum absolute atomic E-state index is 0.0134. The molecule has 0 amide bonds. The van der Waals surface area contributed by atoms with Gasteiger partial charge in [0.05, 0.1) is 0 Å². The summed E-state index contributed by atoms with van der Waals surface area (Å²) in [5, 5.41) is 4.01. The van der Waals surface area contributed by atoms with Crippen LogP contribution in [0, 0.1) is 11.8 Å². The second-order valence-corrected chi connectivity index (χ2v) is 4.92. The zero-order valence-electron chi connectivity index (χ0n) is 10.6. The zero-order chi connectivity index (χ0) is 12.3. The third-order valence-electron chi connectivity index (χ3n) is 3.30. The van der Waals surface area contributed by atoms with E-state index < -0.39 is 0 Å². The quantitative estimate of drug-likeness (QED) is 0.783. The predicted octanol–water partition coefficient (Wildman–Crippen LogP) is 1.69. The lowest BCUT2D eigenvalue weighted by atomic mass is 10.1. The average Bonchev–Trinajstić information content (AvgIpc) is 3.06. The molecule has 96 valence electrons. The van der Waals surface area contributed by atoms with Gasteiger partial charge >= 0.3 is 0 Å². The summed E-state index contributed by atoms with van der Waals surface area (Å²) in [6, 6.07) is 0. The summed E-state index contributed by atoms with van der Waals surface area (Å²) in [4.78, 5) is 4.41. The average molecular weight is 239 g/mol. The third-order valence-corrected chi connectivity index (χ3v) is 3.30. The molecule has 0 saturated heterocycles. The van der Waals surface area contributed by atoms with E-state index in [1.165, 1.54) is 12.8 Å². The second-order valence-electron chi connectivity index (χ2n) is 4.92. The molecule has 1 aromatic rings. The molecular weight excluding hydrogens is 218 g/mol. The highest BCUT2D eigenvalue weighted by atomic mass is 16.5. The highest BCUT2D eigenvalue weighted by molar-refractivity contribution is 4.98. The second kappa shape index (κ2) is 5.60. The molecule has 0 aromatic carbocycles. The van der Waals surface area contributed by atoms with Crippen molar-refractivity contribution >= 4 is 0 Å². The zero-order valence-corrected chi connectivity index (χ0v) is 10.6. The Bertz CT molecular complexity index is 349. The highest BCUT2D eigenvalue weighted by Crippen LogP contribution is 2.41. The Morgan fingerprint density at radius 1 is 1.53 bits per heavy atom. The number of aryl methyl sites for hydroxylation is 1. The van der Waals surface area contributed by atoms with Gasteiger partial charge in [0.15, 0.2) is 0 Å². The first-order chi connectivity index (χ1) is 8.24. The Kier molecular flexibility index (Phi) is 4.12. The first-order valence-electron chi connectivity index (χ1n) is 6.30. The smallest absolute Gasteiger partial charge is 0.226 e. The van der Waals surface area contributed by atoms with Gasteiger partial charge in [-0.3, -0.25) is 0 Å². The molecule has 2 rings (SSSR count). The van der Waals surface area contributed by atoms with E-state index >= 15 is 0 Å². The lowest BCUT2D eigenvalue weighted by Gasteiger charge is -2.08. The summed E-state index contributed by atoms with van der Waals surface area (Å²) in [5.74, 6) is 2.47. The van der Waals surface area contributed by atoms with Crippen LogP contribution in [-0.4, -0.2) is 23.8 Å². The maximum absolute atomic E-state index is 5.57. The molecule has 2 unspecified atom stereocenters. The minimum atomic E-state index is 0.0134. The van der Waals surface area contributed by atoms with E-state index in [1.54, 1.807) is 7.11 Å². The van der Waals surface area contributed by atoms with Crippen LogP contribution in [0.1, 0.15) is 44.0 Å². The van der Waals surface area contributed by atoms with E-state index in [-0.39, 0.29) is 6.10 Å². The standard InChI is InChI=1S/C12H21N3O2/c1-8(7-13)3-6-10-14-12(15-17-10)11(16-2)9-4-5-9/h8-9,11H,3-7,13H2,1-2H3. The Hall–Kier alpha value is -0.940. The van der Waals surface area contributed by atoms with Crippen molar-refractivity contribution in [1.29, 1.82) is 0 Å². The molecule has 1 aliphatic rings. The first-order valence-corrected chi connectivity index (χ1v) is 6.30.